The second-order valence-corrected chi connectivity index (χ2v) is 4.95. The number of hydrogen-bond acceptors (Lipinski definition) is 3. The lowest BCUT2D eigenvalue weighted by molar-refractivity contribution is -0.103. The Morgan fingerprint density at radius 2 is 1.94 bits per heavy atom. The molecule has 1 aromatic rings. The largest absolute Gasteiger partial charge is 0.373 e. The molecule has 0 N–H and O–H groups in total. The van der Waals surface area contributed by atoms with Crippen LogP contribution in [-0.4, -0.2) is 31.7 Å². The van der Waals surface area contributed by atoms with Gasteiger partial charge in [-0.1, -0.05) is 24.8 Å². The van der Waals surface area contributed by atoms with Gasteiger partial charge in [-0.3, -0.25) is 4.79 Å². The molecular formula is C15H16O3. The zero-order valence-corrected chi connectivity index (χ0v) is 10.2. The summed E-state index contributed by atoms with van der Waals surface area (Å²) in [5, 5.41) is 0. The highest BCUT2D eigenvalue weighted by atomic mass is 16.6. The number of allylic oxidation sites excluding steroid dienone is 1. The third kappa shape index (κ3) is 2.68. The highest BCUT2D eigenvalue weighted by Crippen LogP contribution is 2.26. The molecule has 2 atom stereocenters. The fourth-order valence-electron chi connectivity index (χ4n) is 2.17. The van der Waals surface area contributed by atoms with Crippen LogP contribution in [0.3, 0.4) is 0 Å². The van der Waals surface area contributed by atoms with Gasteiger partial charge >= 0.3 is 0 Å². The quantitative estimate of drug-likeness (QED) is 0.435. The van der Waals surface area contributed by atoms with Crippen LogP contribution in [-0.2, 0) is 27.1 Å². The van der Waals surface area contributed by atoms with E-state index in [-0.39, 0.29) is 0 Å². The number of benzene rings is 1. The SMILES string of the molecule is C=C(C=O)c1cc(CC2CO2)ccc1CC1CO1. The number of hydrogen-bond donors (Lipinski definition) is 0. The van der Waals surface area contributed by atoms with Gasteiger partial charge in [0.15, 0.2) is 0 Å². The number of epoxide rings is 2. The minimum atomic E-state index is 0.320. The first-order chi connectivity index (χ1) is 8.76. The molecule has 2 fully saturated rings. The van der Waals surface area contributed by atoms with E-state index in [1.54, 1.807) is 0 Å². The molecular weight excluding hydrogens is 228 g/mol. The first-order valence-electron chi connectivity index (χ1n) is 6.25. The Morgan fingerprint density at radius 1 is 1.28 bits per heavy atom. The van der Waals surface area contributed by atoms with Gasteiger partial charge in [-0.2, -0.15) is 0 Å². The molecule has 3 heteroatoms. The highest BCUT2D eigenvalue weighted by molar-refractivity contribution is 6.06. The second kappa shape index (κ2) is 4.67. The summed E-state index contributed by atoms with van der Waals surface area (Å²) < 4.78 is 10.5. The van der Waals surface area contributed by atoms with E-state index in [2.05, 4.69) is 24.8 Å². The molecule has 0 bridgehead atoms. The summed E-state index contributed by atoms with van der Waals surface area (Å²) >= 11 is 0. The minimum Gasteiger partial charge on any atom is -0.373 e. The Balaban J connectivity index is 1.86. The van der Waals surface area contributed by atoms with Gasteiger partial charge in [0.25, 0.3) is 0 Å². The first-order valence-corrected chi connectivity index (χ1v) is 6.25. The molecule has 0 aliphatic carbocycles. The molecule has 2 unspecified atom stereocenters. The van der Waals surface area contributed by atoms with E-state index in [4.69, 9.17) is 9.47 Å². The standard InChI is InChI=1S/C15H16O3/c1-10(7-16)15-5-11(4-13-8-17-13)2-3-12(15)6-14-9-18-14/h2-3,5,7,13-14H,1,4,6,8-9H2. The molecule has 94 valence electrons. The molecule has 2 heterocycles. The molecule has 18 heavy (non-hydrogen) atoms. The van der Waals surface area contributed by atoms with Gasteiger partial charge in [0.05, 0.1) is 25.4 Å². The number of ether oxygens (including phenoxy) is 2. The second-order valence-electron chi connectivity index (χ2n) is 4.95. The van der Waals surface area contributed by atoms with E-state index in [0.717, 1.165) is 43.5 Å². The van der Waals surface area contributed by atoms with Crippen LogP contribution in [0.15, 0.2) is 24.8 Å². The van der Waals surface area contributed by atoms with Gasteiger partial charge in [-0.25, -0.2) is 0 Å². The molecule has 2 aliphatic rings. The van der Waals surface area contributed by atoms with Crippen molar-refractivity contribution in [1.29, 1.82) is 0 Å². The Kier molecular flexibility index (Phi) is 3.02. The topological polar surface area (TPSA) is 42.1 Å². The van der Waals surface area contributed by atoms with Crippen LogP contribution in [0.1, 0.15) is 16.7 Å². The zero-order chi connectivity index (χ0) is 12.5. The summed E-state index contributed by atoms with van der Waals surface area (Å²) in [5.74, 6) is 0. The van der Waals surface area contributed by atoms with Crippen molar-refractivity contribution >= 4 is 11.9 Å². The van der Waals surface area contributed by atoms with Gasteiger partial charge in [-0.05, 0) is 16.7 Å². The van der Waals surface area contributed by atoms with Gasteiger partial charge in [-0.15, -0.1) is 0 Å². The smallest absolute Gasteiger partial charge is 0.150 e. The molecule has 2 aliphatic heterocycles. The van der Waals surface area contributed by atoms with Crippen LogP contribution >= 0.6 is 0 Å². The van der Waals surface area contributed by atoms with E-state index in [9.17, 15) is 4.79 Å². The van der Waals surface area contributed by atoms with Crippen LogP contribution in [0.2, 0.25) is 0 Å². The summed E-state index contributed by atoms with van der Waals surface area (Å²) in [6.45, 7) is 5.50. The van der Waals surface area contributed by atoms with Gasteiger partial charge < -0.3 is 9.47 Å². The predicted octanol–water partition coefficient (Wildman–Crippen LogP) is 1.78. The van der Waals surface area contributed by atoms with Crippen molar-refractivity contribution in [2.24, 2.45) is 0 Å². The fraction of sp³-hybridized carbons (Fsp3) is 0.400. The van der Waals surface area contributed by atoms with Crippen molar-refractivity contribution in [3.63, 3.8) is 0 Å². The van der Waals surface area contributed by atoms with Crippen molar-refractivity contribution < 1.29 is 14.3 Å². The zero-order valence-electron chi connectivity index (χ0n) is 10.2. The number of rotatable bonds is 6. The van der Waals surface area contributed by atoms with Crippen molar-refractivity contribution in [1.82, 2.24) is 0 Å². The first kappa shape index (κ1) is 11.6. The predicted molar refractivity (Wildman–Crippen MR) is 68.4 cm³/mol. The van der Waals surface area contributed by atoms with Crippen molar-refractivity contribution in [2.45, 2.75) is 25.0 Å². The monoisotopic (exact) mass is 244 g/mol. The van der Waals surface area contributed by atoms with E-state index in [0.29, 0.717) is 17.8 Å². The molecule has 3 rings (SSSR count). The van der Waals surface area contributed by atoms with Crippen LogP contribution in [0.5, 0.6) is 0 Å². The highest BCUT2D eigenvalue weighted by Gasteiger charge is 2.25. The van der Waals surface area contributed by atoms with Crippen molar-refractivity contribution in [2.75, 3.05) is 13.2 Å². The molecule has 0 radical (unpaired) electrons. The molecule has 0 spiro atoms. The molecule has 1 aromatic carbocycles. The third-order valence-corrected chi connectivity index (χ3v) is 3.38. The lowest BCUT2D eigenvalue weighted by Gasteiger charge is -2.10. The minimum absolute atomic E-state index is 0.320. The molecule has 2 saturated heterocycles. The van der Waals surface area contributed by atoms with Crippen LogP contribution in [0.25, 0.3) is 5.57 Å². The summed E-state index contributed by atoms with van der Waals surface area (Å²) in [4.78, 5) is 10.9. The van der Waals surface area contributed by atoms with E-state index >= 15 is 0 Å². The fourth-order valence-corrected chi connectivity index (χ4v) is 2.17. The number of carbonyl (C=O) groups is 1. The van der Waals surface area contributed by atoms with Gasteiger partial charge in [0, 0.05) is 18.4 Å². The van der Waals surface area contributed by atoms with E-state index in [1.807, 2.05) is 0 Å². The Hall–Kier alpha value is -1.45. The lowest BCUT2D eigenvalue weighted by Crippen LogP contribution is -2.02. The summed E-state index contributed by atoms with van der Waals surface area (Å²) in [6.07, 6.45) is 3.28. The maximum Gasteiger partial charge on any atom is 0.150 e. The Morgan fingerprint density at radius 3 is 2.56 bits per heavy atom. The van der Waals surface area contributed by atoms with Crippen LogP contribution in [0, 0.1) is 0 Å². The maximum absolute atomic E-state index is 10.9. The van der Waals surface area contributed by atoms with Crippen molar-refractivity contribution in [3.05, 3.63) is 41.5 Å². The summed E-state index contributed by atoms with van der Waals surface area (Å²) in [7, 11) is 0. The molecule has 0 aromatic heterocycles. The van der Waals surface area contributed by atoms with Crippen LogP contribution in [0.4, 0.5) is 0 Å². The number of aldehydes is 1. The van der Waals surface area contributed by atoms with E-state index < -0.39 is 0 Å². The lowest BCUT2D eigenvalue weighted by atomic mass is 9.94. The van der Waals surface area contributed by atoms with Gasteiger partial charge in [0.1, 0.15) is 6.29 Å². The molecule has 0 saturated carbocycles. The average molecular weight is 244 g/mol. The molecule has 3 nitrogen and oxygen atoms in total. The molecule has 0 amide bonds. The Bertz CT molecular complexity index is 485. The Labute approximate surface area is 106 Å². The third-order valence-electron chi connectivity index (χ3n) is 3.38. The number of carbonyl (C=O) groups excluding carboxylic acids is 1. The summed E-state index contributed by atoms with van der Waals surface area (Å²) in [6, 6.07) is 6.26. The van der Waals surface area contributed by atoms with Gasteiger partial charge in [0.2, 0.25) is 0 Å². The van der Waals surface area contributed by atoms with Crippen LogP contribution < -0.4 is 0 Å². The normalized spacial score (nSPS) is 24.7. The maximum atomic E-state index is 10.9. The average Bonchev–Trinajstić information content (AvgIpc) is 3.25. The van der Waals surface area contributed by atoms with E-state index in [1.165, 1.54) is 5.56 Å². The summed E-state index contributed by atoms with van der Waals surface area (Å²) in [5.41, 5.74) is 3.86. The van der Waals surface area contributed by atoms with Crippen molar-refractivity contribution in [3.8, 4) is 0 Å².